The first-order chi connectivity index (χ1) is 13.6. The minimum absolute atomic E-state index is 0.358. The summed E-state index contributed by atoms with van der Waals surface area (Å²) in [5, 5.41) is 15.2. The standard InChI is InChI=1S/C19H20N4O4S/c1-10(26-9-15(24)25)13-2-3-14(18-20-4-5-28-18)17-16(13)22-19(27-17)23-7-11-6-12(8-23)21-11/h2-5,10-12,21H,6-9H2,1H3,(H,24,25). The highest BCUT2D eigenvalue weighted by atomic mass is 32.1. The number of nitrogens with one attached hydrogen (secondary N) is 1. The van der Waals surface area contributed by atoms with Crippen LogP contribution in [0.2, 0.25) is 0 Å². The van der Waals surface area contributed by atoms with E-state index in [1.54, 1.807) is 17.5 Å². The Kier molecular flexibility index (Phi) is 4.30. The van der Waals surface area contributed by atoms with Crippen LogP contribution in [0.1, 0.15) is 25.0 Å². The third kappa shape index (κ3) is 3.05. The van der Waals surface area contributed by atoms with Crippen LogP contribution in [0.4, 0.5) is 6.01 Å². The number of aliphatic carboxylic acids is 1. The number of piperidine rings is 1. The number of rotatable bonds is 6. The van der Waals surface area contributed by atoms with Crippen LogP contribution < -0.4 is 10.2 Å². The molecule has 1 aromatic carbocycles. The van der Waals surface area contributed by atoms with Gasteiger partial charge < -0.3 is 24.5 Å². The van der Waals surface area contributed by atoms with Crippen molar-refractivity contribution in [2.75, 3.05) is 24.6 Å². The molecule has 0 amide bonds. The van der Waals surface area contributed by atoms with Crippen LogP contribution in [-0.4, -0.2) is 52.8 Å². The van der Waals surface area contributed by atoms with Gasteiger partial charge in [-0.25, -0.2) is 9.78 Å². The third-order valence-corrected chi connectivity index (χ3v) is 6.12. The minimum atomic E-state index is -0.997. The summed E-state index contributed by atoms with van der Waals surface area (Å²) in [5.41, 5.74) is 3.07. The molecule has 146 valence electrons. The highest BCUT2D eigenvalue weighted by Crippen LogP contribution is 2.38. The summed E-state index contributed by atoms with van der Waals surface area (Å²) < 4.78 is 11.7. The molecule has 2 N–H and O–H groups in total. The van der Waals surface area contributed by atoms with E-state index in [9.17, 15) is 4.79 Å². The maximum Gasteiger partial charge on any atom is 0.329 e. The molecular formula is C19H20N4O4S. The molecule has 0 radical (unpaired) electrons. The number of nitrogens with zero attached hydrogens (tertiary/aromatic N) is 3. The van der Waals surface area contributed by atoms with Crippen molar-refractivity contribution in [2.24, 2.45) is 0 Å². The van der Waals surface area contributed by atoms with Gasteiger partial charge in [-0.3, -0.25) is 0 Å². The molecule has 0 saturated carbocycles. The van der Waals surface area contributed by atoms with Crippen LogP contribution in [-0.2, 0) is 9.53 Å². The van der Waals surface area contributed by atoms with Crippen molar-refractivity contribution in [3.63, 3.8) is 0 Å². The summed E-state index contributed by atoms with van der Waals surface area (Å²) >= 11 is 1.54. The van der Waals surface area contributed by atoms with Crippen molar-refractivity contribution < 1.29 is 19.1 Å². The highest BCUT2D eigenvalue weighted by molar-refractivity contribution is 7.13. The molecule has 2 bridgehead atoms. The fraction of sp³-hybridized carbons (Fsp3) is 0.421. The summed E-state index contributed by atoms with van der Waals surface area (Å²) in [6.07, 6.45) is 2.55. The third-order valence-electron chi connectivity index (χ3n) is 5.31. The molecule has 3 unspecified atom stereocenters. The van der Waals surface area contributed by atoms with Gasteiger partial charge >= 0.3 is 5.97 Å². The van der Waals surface area contributed by atoms with Crippen molar-refractivity contribution in [3.8, 4) is 10.6 Å². The molecule has 5 heterocycles. The maximum absolute atomic E-state index is 10.9. The van der Waals surface area contributed by atoms with Crippen molar-refractivity contribution in [1.82, 2.24) is 15.3 Å². The van der Waals surface area contributed by atoms with Crippen LogP contribution in [0, 0.1) is 0 Å². The fourth-order valence-electron chi connectivity index (χ4n) is 3.96. The highest BCUT2D eigenvalue weighted by Gasteiger charge is 2.38. The van der Waals surface area contributed by atoms with E-state index in [-0.39, 0.29) is 6.61 Å². The van der Waals surface area contributed by atoms with Crippen molar-refractivity contribution in [3.05, 3.63) is 29.3 Å². The Bertz CT molecular complexity index is 1000. The molecule has 2 aromatic heterocycles. The number of fused-ring (bicyclic) bond motifs is 3. The second-order valence-electron chi connectivity index (χ2n) is 7.26. The van der Waals surface area contributed by atoms with E-state index in [0.29, 0.717) is 29.2 Å². The van der Waals surface area contributed by atoms with Gasteiger partial charge in [-0.15, -0.1) is 11.3 Å². The van der Waals surface area contributed by atoms with Gasteiger partial charge in [-0.1, -0.05) is 6.07 Å². The Morgan fingerprint density at radius 1 is 1.46 bits per heavy atom. The van der Waals surface area contributed by atoms with E-state index in [0.717, 1.165) is 29.2 Å². The van der Waals surface area contributed by atoms with Crippen LogP contribution in [0.15, 0.2) is 28.1 Å². The molecule has 3 aliphatic heterocycles. The SMILES string of the molecule is CC(OCC(=O)O)c1ccc(-c2nccs2)c2oc(N3CC4CC(C3)N4)nc12. The summed E-state index contributed by atoms with van der Waals surface area (Å²) in [4.78, 5) is 22.2. The van der Waals surface area contributed by atoms with E-state index >= 15 is 0 Å². The lowest BCUT2D eigenvalue weighted by Crippen LogP contribution is -2.67. The Hall–Kier alpha value is -2.49. The number of ether oxygens (including phenoxy) is 1. The largest absolute Gasteiger partial charge is 0.480 e. The Balaban J connectivity index is 1.56. The molecule has 0 aliphatic carbocycles. The van der Waals surface area contributed by atoms with Crippen LogP contribution in [0.5, 0.6) is 0 Å². The quantitative estimate of drug-likeness (QED) is 0.651. The van der Waals surface area contributed by atoms with Gasteiger partial charge in [-0.2, -0.15) is 4.98 Å². The maximum atomic E-state index is 10.9. The van der Waals surface area contributed by atoms with Gasteiger partial charge in [0.25, 0.3) is 6.01 Å². The van der Waals surface area contributed by atoms with Crippen LogP contribution >= 0.6 is 11.3 Å². The van der Waals surface area contributed by atoms with Crippen molar-refractivity contribution >= 4 is 34.4 Å². The molecule has 0 spiro atoms. The van der Waals surface area contributed by atoms with E-state index in [1.807, 2.05) is 24.4 Å². The minimum Gasteiger partial charge on any atom is -0.480 e. The molecule has 6 rings (SSSR count). The first kappa shape index (κ1) is 17.6. The molecule has 3 fully saturated rings. The van der Waals surface area contributed by atoms with E-state index in [2.05, 4.69) is 15.2 Å². The number of oxazole rings is 1. The Morgan fingerprint density at radius 2 is 2.25 bits per heavy atom. The van der Waals surface area contributed by atoms with Crippen LogP contribution in [0.3, 0.4) is 0 Å². The lowest BCUT2D eigenvalue weighted by Gasteiger charge is -2.47. The number of carboxylic acids is 1. The number of anilines is 1. The number of carboxylic acid groups (broad SMARTS) is 1. The Morgan fingerprint density at radius 3 is 2.93 bits per heavy atom. The van der Waals surface area contributed by atoms with E-state index < -0.39 is 12.1 Å². The predicted molar refractivity (Wildman–Crippen MR) is 105 cm³/mol. The average Bonchev–Trinajstić information content (AvgIpc) is 3.34. The van der Waals surface area contributed by atoms with E-state index in [4.69, 9.17) is 19.2 Å². The Labute approximate surface area is 165 Å². The molecule has 3 saturated heterocycles. The number of carbonyl (C=O) groups is 1. The number of piperazine rings is 1. The fourth-order valence-corrected chi connectivity index (χ4v) is 4.62. The van der Waals surface area contributed by atoms with Gasteiger partial charge in [0.15, 0.2) is 5.58 Å². The zero-order chi connectivity index (χ0) is 19.3. The summed E-state index contributed by atoms with van der Waals surface area (Å²) in [7, 11) is 0. The predicted octanol–water partition coefficient (Wildman–Crippen LogP) is 2.66. The van der Waals surface area contributed by atoms with Gasteiger partial charge in [0.05, 0.1) is 11.7 Å². The molecule has 9 heteroatoms. The number of thiazole rings is 1. The summed E-state index contributed by atoms with van der Waals surface area (Å²) in [6, 6.07) is 5.45. The monoisotopic (exact) mass is 400 g/mol. The first-order valence-corrected chi connectivity index (χ1v) is 10.1. The molecular weight excluding hydrogens is 380 g/mol. The topological polar surface area (TPSA) is 101 Å². The number of hydrogen-bond donors (Lipinski definition) is 2. The van der Waals surface area contributed by atoms with Crippen molar-refractivity contribution in [2.45, 2.75) is 31.5 Å². The molecule has 3 aromatic rings. The van der Waals surface area contributed by atoms with Gasteiger partial charge in [0, 0.05) is 42.3 Å². The molecule has 3 aliphatic rings. The number of hydrogen-bond acceptors (Lipinski definition) is 8. The number of benzene rings is 1. The number of aromatic nitrogens is 2. The average molecular weight is 400 g/mol. The second-order valence-corrected chi connectivity index (χ2v) is 8.16. The summed E-state index contributed by atoms with van der Waals surface area (Å²) in [5.74, 6) is -0.997. The first-order valence-electron chi connectivity index (χ1n) is 9.26. The van der Waals surface area contributed by atoms with Crippen molar-refractivity contribution in [1.29, 1.82) is 0 Å². The summed E-state index contributed by atoms with van der Waals surface area (Å²) in [6.45, 7) is 3.21. The van der Waals surface area contributed by atoms with E-state index in [1.165, 1.54) is 6.42 Å². The van der Waals surface area contributed by atoms with Gasteiger partial charge in [0.1, 0.15) is 17.1 Å². The normalized spacial score (nSPS) is 22.2. The smallest absolute Gasteiger partial charge is 0.329 e. The molecule has 28 heavy (non-hydrogen) atoms. The second kappa shape index (κ2) is 6.84. The van der Waals surface area contributed by atoms with Gasteiger partial charge in [0.2, 0.25) is 0 Å². The zero-order valence-corrected chi connectivity index (χ0v) is 16.1. The van der Waals surface area contributed by atoms with Gasteiger partial charge in [-0.05, 0) is 19.4 Å². The molecule has 3 atom stereocenters. The molecule has 8 nitrogen and oxygen atoms in total. The lowest BCUT2D eigenvalue weighted by atomic mass is 9.92. The van der Waals surface area contributed by atoms with Crippen LogP contribution in [0.25, 0.3) is 21.7 Å². The zero-order valence-electron chi connectivity index (χ0n) is 15.3. The lowest BCUT2D eigenvalue weighted by molar-refractivity contribution is -0.144.